The number of hydrogen-bond acceptors (Lipinski definition) is 1. The van der Waals surface area contributed by atoms with Crippen LogP contribution in [0.15, 0.2) is 30.3 Å². The van der Waals surface area contributed by atoms with Crippen molar-refractivity contribution in [3.63, 3.8) is 0 Å². The molecule has 0 saturated carbocycles. The fraction of sp³-hybridized carbons (Fsp3) is 0.500. The third kappa shape index (κ3) is 2.63. The van der Waals surface area contributed by atoms with Gasteiger partial charge in [-0.3, -0.25) is 4.79 Å². The van der Waals surface area contributed by atoms with Crippen molar-refractivity contribution in [1.82, 2.24) is 4.90 Å². The van der Waals surface area contributed by atoms with E-state index in [0.29, 0.717) is 5.91 Å². The van der Waals surface area contributed by atoms with Gasteiger partial charge in [0.05, 0.1) is 0 Å². The first-order valence-electron chi connectivity index (χ1n) is 6.10. The fourth-order valence-corrected chi connectivity index (χ4v) is 2.26. The Morgan fingerprint density at radius 2 is 2.00 bits per heavy atom. The second kappa shape index (κ2) is 5.15. The zero-order valence-corrected chi connectivity index (χ0v) is 9.86. The van der Waals surface area contributed by atoms with E-state index in [1.54, 1.807) is 0 Å². The van der Waals surface area contributed by atoms with Crippen LogP contribution in [0.25, 0.3) is 0 Å². The smallest absolute Gasteiger partial charge is 0.225 e. The first-order valence-corrected chi connectivity index (χ1v) is 6.10. The Hall–Kier alpha value is -1.31. The standard InChI is InChI=1S/C14H19NO/c1-12-7-5-6-10-15(14(12)16)11-13-8-3-2-4-9-13/h2-4,8-9,12H,5-7,10-11H2,1H3/t12-/m1/s1. The second-order valence-electron chi connectivity index (χ2n) is 4.64. The van der Waals surface area contributed by atoms with E-state index in [4.69, 9.17) is 0 Å². The Morgan fingerprint density at radius 3 is 2.75 bits per heavy atom. The van der Waals surface area contributed by atoms with E-state index in [0.717, 1.165) is 25.9 Å². The Morgan fingerprint density at radius 1 is 1.25 bits per heavy atom. The van der Waals surface area contributed by atoms with E-state index in [1.165, 1.54) is 12.0 Å². The molecule has 1 heterocycles. The normalized spacial score (nSPS) is 21.9. The second-order valence-corrected chi connectivity index (χ2v) is 4.64. The molecule has 2 heteroatoms. The first-order chi connectivity index (χ1) is 7.77. The minimum Gasteiger partial charge on any atom is -0.338 e. The van der Waals surface area contributed by atoms with Crippen LogP contribution < -0.4 is 0 Å². The van der Waals surface area contributed by atoms with Crippen LogP contribution in [-0.2, 0) is 11.3 Å². The lowest BCUT2D eigenvalue weighted by atomic mass is 10.1. The summed E-state index contributed by atoms with van der Waals surface area (Å²) in [5, 5.41) is 0. The van der Waals surface area contributed by atoms with Crippen LogP contribution in [-0.4, -0.2) is 17.4 Å². The summed E-state index contributed by atoms with van der Waals surface area (Å²) in [6, 6.07) is 10.2. The molecular weight excluding hydrogens is 198 g/mol. The molecule has 86 valence electrons. The summed E-state index contributed by atoms with van der Waals surface area (Å²) in [7, 11) is 0. The van der Waals surface area contributed by atoms with Crippen molar-refractivity contribution in [3.05, 3.63) is 35.9 Å². The van der Waals surface area contributed by atoms with E-state index in [2.05, 4.69) is 12.1 Å². The SMILES string of the molecule is C[C@@H]1CCCCN(Cc2ccccc2)C1=O. The molecule has 1 amide bonds. The van der Waals surface area contributed by atoms with Crippen LogP contribution >= 0.6 is 0 Å². The van der Waals surface area contributed by atoms with Gasteiger partial charge in [-0.1, -0.05) is 43.7 Å². The molecule has 0 aliphatic carbocycles. The maximum absolute atomic E-state index is 12.1. The largest absolute Gasteiger partial charge is 0.338 e. The third-order valence-corrected chi connectivity index (χ3v) is 3.26. The van der Waals surface area contributed by atoms with Crippen LogP contribution in [0.2, 0.25) is 0 Å². The average Bonchev–Trinajstić information content (AvgIpc) is 2.46. The predicted molar refractivity (Wildman–Crippen MR) is 64.9 cm³/mol. The van der Waals surface area contributed by atoms with Crippen molar-refractivity contribution in [2.24, 2.45) is 5.92 Å². The summed E-state index contributed by atoms with van der Waals surface area (Å²) in [5.74, 6) is 0.521. The lowest BCUT2D eigenvalue weighted by Gasteiger charge is -2.22. The molecule has 16 heavy (non-hydrogen) atoms. The molecule has 0 bridgehead atoms. The van der Waals surface area contributed by atoms with Crippen molar-refractivity contribution in [3.8, 4) is 0 Å². The maximum atomic E-state index is 12.1. The van der Waals surface area contributed by atoms with Gasteiger partial charge in [-0.2, -0.15) is 0 Å². The van der Waals surface area contributed by atoms with Gasteiger partial charge in [0, 0.05) is 19.0 Å². The first kappa shape index (κ1) is 11.2. The maximum Gasteiger partial charge on any atom is 0.225 e. The average molecular weight is 217 g/mol. The topological polar surface area (TPSA) is 20.3 Å². The van der Waals surface area contributed by atoms with Gasteiger partial charge in [0.1, 0.15) is 0 Å². The molecule has 0 radical (unpaired) electrons. The molecule has 1 aromatic rings. The van der Waals surface area contributed by atoms with Gasteiger partial charge in [-0.05, 0) is 18.4 Å². The molecule has 0 N–H and O–H groups in total. The highest BCUT2D eigenvalue weighted by Gasteiger charge is 2.22. The van der Waals surface area contributed by atoms with Gasteiger partial charge in [-0.15, -0.1) is 0 Å². The fourth-order valence-electron chi connectivity index (χ4n) is 2.26. The van der Waals surface area contributed by atoms with Crippen molar-refractivity contribution in [2.75, 3.05) is 6.54 Å². The number of hydrogen-bond donors (Lipinski definition) is 0. The number of carbonyl (C=O) groups excluding carboxylic acids is 1. The molecule has 0 spiro atoms. The van der Waals surface area contributed by atoms with Crippen molar-refractivity contribution >= 4 is 5.91 Å². The molecule has 1 aliphatic heterocycles. The zero-order valence-electron chi connectivity index (χ0n) is 9.86. The molecule has 1 aromatic carbocycles. The Balaban J connectivity index is 2.05. The summed E-state index contributed by atoms with van der Waals surface area (Å²) in [6.07, 6.45) is 3.37. The molecule has 1 saturated heterocycles. The quantitative estimate of drug-likeness (QED) is 0.746. The predicted octanol–water partition coefficient (Wildman–Crippen LogP) is 2.84. The highest BCUT2D eigenvalue weighted by Crippen LogP contribution is 2.19. The molecule has 1 aliphatic rings. The number of nitrogens with zero attached hydrogens (tertiary/aromatic N) is 1. The molecule has 0 unspecified atom stereocenters. The monoisotopic (exact) mass is 217 g/mol. The molecule has 1 atom stereocenters. The molecule has 2 rings (SSSR count). The number of amides is 1. The number of rotatable bonds is 2. The highest BCUT2D eigenvalue weighted by atomic mass is 16.2. The van der Waals surface area contributed by atoms with Crippen LogP contribution in [0.4, 0.5) is 0 Å². The lowest BCUT2D eigenvalue weighted by molar-refractivity contribution is -0.134. The molecule has 0 aromatic heterocycles. The minimum atomic E-state index is 0.200. The number of likely N-dealkylation sites (tertiary alicyclic amines) is 1. The van der Waals surface area contributed by atoms with Crippen molar-refractivity contribution < 1.29 is 4.79 Å². The Bertz CT molecular complexity index is 347. The Kier molecular flexibility index (Phi) is 3.60. The summed E-state index contributed by atoms with van der Waals surface area (Å²) >= 11 is 0. The van der Waals surface area contributed by atoms with Gasteiger partial charge in [0.25, 0.3) is 0 Å². The van der Waals surface area contributed by atoms with E-state index < -0.39 is 0 Å². The summed E-state index contributed by atoms with van der Waals surface area (Å²) in [4.78, 5) is 14.1. The molecular formula is C14H19NO. The molecule has 1 fully saturated rings. The van der Waals surface area contributed by atoms with E-state index in [-0.39, 0.29) is 5.92 Å². The highest BCUT2D eigenvalue weighted by molar-refractivity contribution is 5.78. The van der Waals surface area contributed by atoms with E-state index >= 15 is 0 Å². The van der Waals surface area contributed by atoms with Gasteiger partial charge in [0.2, 0.25) is 5.91 Å². The third-order valence-electron chi connectivity index (χ3n) is 3.26. The Labute approximate surface area is 97.3 Å². The molecule has 2 nitrogen and oxygen atoms in total. The lowest BCUT2D eigenvalue weighted by Crippen LogP contribution is -2.33. The van der Waals surface area contributed by atoms with Gasteiger partial charge >= 0.3 is 0 Å². The van der Waals surface area contributed by atoms with Gasteiger partial charge in [0.15, 0.2) is 0 Å². The summed E-state index contributed by atoms with van der Waals surface area (Å²) in [6.45, 7) is 3.73. The van der Waals surface area contributed by atoms with Crippen LogP contribution in [0, 0.1) is 5.92 Å². The van der Waals surface area contributed by atoms with Crippen LogP contribution in [0.3, 0.4) is 0 Å². The summed E-state index contributed by atoms with van der Waals surface area (Å²) in [5.41, 5.74) is 1.23. The summed E-state index contributed by atoms with van der Waals surface area (Å²) < 4.78 is 0. The van der Waals surface area contributed by atoms with E-state index in [1.807, 2.05) is 30.0 Å². The zero-order chi connectivity index (χ0) is 11.4. The minimum absolute atomic E-state index is 0.200. The van der Waals surface area contributed by atoms with E-state index in [9.17, 15) is 4.79 Å². The van der Waals surface area contributed by atoms with Gasteiger partial charge < -0.3 is 4.90 Å². The van der Waals surface area contributed by atoms with Crippen LogP contribution in [0.5, 0.6) is 0 Å². The van der Waals surface area contributed by atoms with Crippen LogP contribution in [0.1, 0.15) is 31.7 Å². The number of benzene rings is 1. The van der Waals surface area contributed by atoms with Crippen molar-refractivity contribution in [1.29, 1.82) is 0 Å². The van der Waals surface area contributed by atoms with Crippen molar-refractivity contribution in [2.45, 2.75) is 32.7 Å². The van der Waals surface area contributed by atoms with Gasteiger partial charge in [-0.25, -0.2) is 0 Å². The number of carbonyl (C=O) groups is 1.